The summed E-state index contributed by atoms with van der Waals surface area (Å²) >= 11 is 6.11. The fraction of sp³-hybridized carbons (Fsp3) is 0.600. The maximum Gasteiger partial charge on any atom is 0.143 e. The number of anilines is 1. The molecule has 5 heteroatoms. The average molecular weight is 299 g/mol. The van der Waals surface area contributed by atoms with Crippen molar-refractivity contribution in [1.29, 1.82) is 0 Å². The minimum atomic E-state index is 0.560. The van der Waals surface area contributed by atoms with Gasteiger partial charge in [0.05, 0.1) is 24.9 Å². The van der Waals surface area contributed by atoms with Gasteiger partial charge in [-0.2, -0.15) is 0 Å². The van der Waals surface area contributed by atoms with E-state index in [0.717, 1.165) is 18.0 Å². The van der Waals surface area contributed by atoms with E-state index in [-0.39, 0.29) is 0 Å². The number of hydrogen-bond donors (Lipinski definition) is 1. The summed E-state index contributed by atoms with van der Waals surface area (Å²) < 4.78 is 10.6. The van der Waals surface area contributed by atoms with E-state index in [0.29, 0.717) is 16.8 Å². The predicted octanol–water partition coefficient (Wildman–Crippen LogP) is 3.25. The number of nitrogens with zero attached hydrogens (tertiary/aromatic N) is 1. The molecule has 112 valence electrons. The standard InChI is InChI=1S/C15H23ClN2O2/c1-18-7-5-4-6-11(18)10-17-13-9-14(19-2)12(16)8-15(13)20-3/h8-9,11,17H,4-7,10H2,1-3H3. The fourth-order valence-electron chi connectivity index (χ4n) is 2.63. The minimum absolute atomic E-state index is 0.560. The maximum atomic E-state index is 6.11. The van der Waals surface area contributed by atoms with Gasteiger partial charge in [0.1, 0.15) is 11.5 Å². The zero-order valence-electron chi connectivity index (χ0n) is 12.4. The molecule has 1 saturated heterocycles. The van der Waals surface area contributed by atoms with Crippen LogP contribution in [-0.2, 0) is 0 Å². The van der Waals surface area contributed by atoms with Crippen LogP contribution in [0.4, 0.5) is 5.69 Å². The Bertz CT molecular complexity index is 454. The first-order valence-electron chi connectivity index (χ1n) is 7.01. The highest BCUT2D eigenvalue weighted by molar-refractivity contribution is 6.32. The van der Waals surface area contributed by atoms with Gasteiger partial charge in [-0.3, -0.25) is 0 Å². The normalized spacial score (nSPS) is 19.7. The molecule has 0 bridgehead atoms. The van der Waals surface area contributed by atoms with Crippen molar-refractivity contribution < 1.29 is 9.47 Å². The van der Waals surface area contributed by atoms with Crippen LogP contribution >= 0.6 is 11.6 Å². The van der Waals surface area contributed by atoms with Crippen molar-refractivity contribution in [1.82, 2.24) is 4.90 Å². The molecule has 0 aliphatic carbocycles. The summed E-state index contributed by atoms with van der Waals surface area (Å²) in [5.74, 6) is 1.40. The van der Waals surface area contributed by atoms with E-state index in [4.69, 9.17) is 21.1 Å². The summed E-state index contributed by atoms with van der Waals surface area (Å²) in [6.07, 6.45) is 3.83. The number of benzene rings is 1. The maximum absolute atomic E-state index is 6.11. The Labute approximate surface area is 126 Å². The monoisotopic (exact) mass is 298 g/mol. The second-order valence-corrected chi connectivity index (χ2v) is 5.61. The molecule has 0 amide bonds. The molecular weight excluding hydrogens is 276 g/mol. The van der Waals surface area contributed by atoms with Gasteiger partial charge in [-0.1, -0.05) is 18.0 Å². The van der Waals surface area contributed by atoms with Crippen LogP contribution in [0.3, 0.4) is 0 Å². The van der Waals surface area contributed by atoms with E-state index in [2.05, 4.69) is 17.3 Å². The molecule has 1 aromatic rings. The van der Waals surface area contributed by atoms with Crippen molar-refractivity contribution in [3.8, 4) is 11.5 Å². The van der Waals surface area contributed by atoms with Gasteiger partial charge in [0.2, 0.25) is 0 Å². The summed E-state index contributed by atoms with van der Waals surface area (Å²) in [4.78, 5) is 2.41. The van der Waals surface area contributed by atoms with Crippen LogP contribution in [0.2, 0.25) is 5.02 Å². The van der Waals surface area contributed by atoms with Crippen LogP contribution in [0.1, 0.15) is 19.3 Å². The third-order valence-corrected chi connectivity index (χ3v) is 4.22. The van der Waals surface area contributed by atoms with Crippen molar-refractivity contribution in [3.63, 3.8) is 0 Å². The molecule has 1 aliphatic rings. The highest BCUT2D eigenvalue weighted by Crippen LogP contribution is 2.36. The number of halogens is 1. The summed E-state index contributed by atoms with van der Waals surface area (Å²) in [6.45, 7) is 2.07. The number of likely N-dealkylation sites (tertiary alicyclic amines) is 1. The van der Waals surface area contributed by atoms with E-state index < -0.39 is 0 Å². The first-order valence-corrected chi connectivity index (χ1v) is 7.39. The molecule has 1 N–H and O–H groups in total. The van der Waals surface area contributed by atoms with Gasteiger partial charge < -0.3 is 19.7 Å². The molecule has 1 heterocycles. The zero-order valence-corrected chi connectivity index (χ0v) is 13.2. The van der Waals surface area contributed by atoms with Crippen LogP contribution in [0.25, 0.3) is 0 Å². The number of piperidine rings is 1. The second kappa shape index (κ2) is 7.04. The third-order valence-electron chi connectivity index (χ3n) is 3.92. The van der Waals surface area contributed by atoms with E-state index >= 15 is 0 Å². The molecule has 0 aromatic heterocycles. The molecule has 0 radical (unpaired) electrons. The molecule has 1 unspecified atom stereocenters. The quantitative estimate of drug-likeness (QED) is 0.905. The molecule has 1 aromatic carbocycles. The summed E-state index contributed by atoms with van der Waals surface area (Å²) in [7, 11) is 5.45. The first kappa shape index (κ1) is 15.3. The lowest BCUT2D eigenvalue weighted by Gasteiger charge is -2.33. The van der Waals surface area contributed by atoms with Gasteiger partial charge in [0, 0.05) is 24.7 Å². The van der Waals surface area contributed by atoms with Gasteiger partial charge in [-0.25, -0.2) is 0 Å². The van der Waals surface area contributed by atoms with Crippen molar-refractivity contribution in [2.75, 3.05) is 39.7 Å². The lowest BCUT2D eigenvalue weighted by molar-refractivity contribution is 0.194. The van der Waals surface area contributed by atoms with Gasteiger partial charge in [-0.15, -0.1) is 0 Å². The Morgan fingerprint density at radius 1 is 1.25 bits per heavy atom. The third kappa shape index (κ3) is 3.49. The number of methoxy groups -OCH3 is 2. The molecule has 0 saturated carbocycles. The summed E-state index contributed by atoms with van der Waals surface area (Å²) in [6, 6.07) is 4.24. The Balaban J connectivity index is 2.07. The Morgan fingerprint density at radius 3 is 2.65 bits per heavy atom. The average Bonchev–Trinajstić information content (AvgIpc) is 2.47. The van der Waals surface area contributed by atoms with E-state index in [1.165, 1.54) is 25.8 Å². The number of likely N-dealkylation sites (N-methyl/N-ethyl adjacent to an activating group) is 1. The summed E-state index contributed by atoms with van der Waals surface area (Å²) in [5, 5.41) is 4.02. The number of ether oxygens (including phenoxy) is 2. The highest BCUT2D eigenvalue weighted by Gasteiger charge is 2.19. The minimum Gasteiger partial charge on any atom is -0.495 e. The molecule has 4 nitrogen and oxygen atoms in total. The van der Waals surface area contributed by atoms with Crippen molar-refractivity contribution in [2.24, 2.45) is 0 Å². The van der Waals surface area contributed by atoms with Crippen molar-refractivity contribution in [2.45, 2.75) is 25.3 Å². The van der Waals surface area contributed by atoms with Crippen LogP contribution in [0.15, 0.2) is 12.1 Å². The number of rotatable bonds is 5. The lowest BCUT2D eigenvalue weighted by atomic mass is 10.0. The topological polar surface area (TPSA) is 33.7 Å². The van der Waals surface area contributed by atoms with Crippen LogP contribution in [-0.4, -0.2) is 45.3 Å². The molecule has 2 rings (SSSR count). The van der Waals surface area contributed by atoms with Gasteiger partial charge >= 0.3 is 0 Å². The SMILES string of the molecule is COc1cc(NCC2CCCCN2C)c(OC)cc1Cl. The summed E-state index contributed by atoms with van der Waals surface area (Å²) in [5.41, 5.74) is 0.924. The van der Waals surface area contributed by atoms with E-state index in [9.17, 15) is 0 Å². The zero-order chi connectivity index (χ0) is 14.5. The first-order chi connectivity index (χ1) is 9.65. The highest BCUT2D eigenvalue weighted by atomic mass is 35.5. The van der Waals surface area contributed by atoms with Crippen molar-refractivity contribution in [3.05, 3.63) is 17.2 Å². The Kier molecular flexibility index (Phi) is 5.38. The number of nitrogens with one attached hydrogen (secondary N) is 1. The predicted molar refractivity (Wildman–Crippen MR) is 83.3 cm³/mol. The lowest BCUT2D eigenvalue weighted by Crippen LogP contribution is -2.40. The van der Waals surface area contributed by atoms with E-state index in [1.54, 1.807) is 20.3 Å². The molecule has 1 atom stereocenters. The van der Waals surface area contributed by atoms with Crippen LogP contribution in [0, 0.1) is 0 Å². The smallest absolute Gasteiger partial charge is 0.143 e. The van der Waals surface area contributed by atoms with Crippen LogP contribution < -0.4 is 14.8 Å². The van der Waals surface area contributed by atoms with E-state index in [1.807, 2.05) is 6.07 Å². The molecule has 1 fully saturated rings. The molecule has 1 aliphatic heterocycles. The molecule has 20 heavy (non-hydrogen) atoms. The Hall–Kier alpha value is -1.13. The van der Waals surface area contributed by atoms with Gasteiger partial charge in [0.25, 0.3) is 0 Å². The van der Waals surface area contributed by atoms with Gasteiger partial charge in [0.15, 0.2) is 0 Å². The van der Waals surface area contributed by atoms with Gasteiger partial charge in [-0.05, 0) is 26.4 Å². The Morgan fingerprint density at radius 2 is 2.00 bits per heavy atom. The fourth-order valence-corrected chi connectivity index (χ4v) is 2.86. The second-order valence-electron chi connectivity index (χ2n) is 5.20. The largest absolute Gasteiger partial charge is 0.495 e. The molecule has 0 spiro atoms. The molecular formula is C15H23ClN2O2. The van der Waals surface area contributed by atoms with Crippen LogP contribution in [0.5, 0.6) is 11.5 Å². The number of hydrogen-bond acceptors (Lipinski definition) is 4. The van der Waals surface area contributed by atoms with Crippen molar-refractivity contribution >= 4 is 17.3 Å².